The molecule has 0 aromatic heterocycles. The summed E-state index contributed by atoms with van der Waals surface area (Å²) in [6, 6.07) is 5.27. The molecule has 1 aromatic rings. The quantitative estimate of drug-likeness (QED) is 0.929. The second kappa shape index (κ2) is 7.07. The van der Waals surface area contributed by atoms with Gasteiger partial charge in [-0.2, -0.15) is 0 Å². The first-order chi connectivity index (χ1) is 9.61. The SMILES string of the molecule is CCO[C@@H]1COCC[C@H]1NC(=O)c1ccc(Cl)cc1C. The Morgan fingerprint density at radius 3 is 3.05 bits per heavy atom. The second-order valence-electron chi connectivity index (χ2n) is 4.90. The summed E-state index contributed by atoms with van der Waals surface area (Å²) in [5, 5.41) is 3.68. The van der Waals surface area contributed by atoms with Crippen LogP contribution in [0.4, 0.5) is 0 Å². The van der Waals surface area contributed by atoms with Gasteiger partial charge in [0.1, 0.15) is 6.10 Å². The first kappa shape index (κ1) is 15.3. The van der Waals surface area contributed by atoms with Crippen LogP contribution in [0.25, 0.3) is 0 Å². The first-order valence-electron chi connectivity index (χ1n) is 6.88. The Balaban J connectivity index is 2.05. The van der Waals surface area contributed by atoms with Crippen molar-refractivity contribution < 1.29 is 14.3 Å². The molecule has 2 atom stereocenters. The molecule has 5 heteroatoms. The summed E-state index contributed by atoms with van der Waals surface area (Å²) in [7, 11) is 0. The maximum atomic E-state index is 12.3. The minimum Gasteiger partial charge on any atom is -0.379 e. The van der Waals surface area contributed by atoms with E-state index < -0.39 is 0 Å². The predicted molar refractivity (Wildman–Crippen MR) is 78.3 cm³/mol. The third-order valence-electron chi connectivity index (χ3n) is 3.43. The Kier molecular flexibility index (Phi) is 5.40. The number of rotatable bonds is 4. The van der Waals surface area contributed by atoms with Crippen LogP contribution < -0.4 is 5.32 Å². The van der Waals surface area contributed by atoms with Gasteiger partial charge in [-0.15, -0.1) is 0 Å². The van der Waals surface area contributed by atoms with Crippen LogP contribution in [-0.4, -0.2) is 37.9 Å². The lowest BCUT2D eigenvalue weighted by atomic mass is 10.0. The topological polar surface area (TPSA) is 47.6 Å². The summed E-state index contributed by atoms with van der Waals surface area (Å²) < 4.78 is 11.0. The number of aryl methyl sites for hydroxylation is 1. The average Bonchev–Trinajstić information content (AvgIpc) is 2.41. The van der Waals surface area contributed by atoms with E-state index in [1.165, 1.54) is 0 Å². The van der Waals surface area contributed by atoms with Crippen LogP contribution in [0.2, 0.25) is 5.02 Å². The van der Waals surface area contributed by atoms with Crippen LogP contribution in [0.3, 0.4) is 0 Å². The summed E-state index contributed by atoms with van der Waals surface area (Å²) in [6.45, 7) is 5.61. The standard InChI is InChI=1S/C15H20ClNO3/c1-3-20-14-9-19-7-6-13(14)17-15(18)12-5-4-11(16)8-10(12)2/h4-5,8,13-14H,3,6-7,9H2,1-2H3,(H,17,18)/t13-,14-/m1/s1. The van der Waals surface area contributed by atoms with Gasteiger partial charge in [0.15, 0.2) is 0 Å². The molecule has 1 saturated heterocycles. The minimum atomic E-state index is -0.0873. The molecule has 0 bridgehead atoms. The molecule has 4 nitrogen and oxygen atoms in total. The maximum Gasteiger partial charge on any atom is 0.251 e. The smallest absolute Gasteiger partial charge is 0.251 e. The second-order valence-corrected chi connectivity index (χ2v) is 5.33. The van der Waals surface area contributed by atoms with Crippen molar-refractivity contribution in [1.29, 1.82) is 0 Å². The van der Waals surface area contributed by atoms with E-state index in [0.29, 0.717) is 30.4 Å². The van der Waals surface area contributed by atoms with Gasteiger partial charge in [-0.25, -0.2) is 0 Å². The van der Waals surface area contributed by atoms with Gasteiger partial charge >= 0.3 is 0 Å². The van der Waals surface area contributed by atoms with Crippen molar-refractivity contribution in [1.82, 2.24) is 5.32 Å². The lowest BCUT2D eigenvalue weighted by Crippen LogP contribution is -2.50. The Labute approximate surface area is 124 Å². The van der Waals surface area contributed by atoms with Gasteiger partial charge in [0.25, 0.3) is 5.91 Å². The van der Waals surface area contributed by atoms with Crippen molar-refractivity contribution in [2.75, 3.05) is 19.8 Å². The molecule has 1 aliphatic heterocycles. The van der Waals surface area contributed by atoms with Gasteiger partial charge in [0.05, 0.1) is 12.6 Å². The monoisotopic (exact) mass is 297 g/mol. The highest BCUT2D eigenvalue weighted by molar-refractivity contribution is 6.30. The third-order valence-corrected chi connectivity index (χ3v) is 3.67. The molecule has 1 fully saturated rings. The van der Waals surface area contributed by atoms with E-state index in [1.54, 1.807) is 18.2 Å². The molecule has 110 valence electrons. The van der Waals surface area contributed by atoms with Gasteiger partial charge in [-0.05, 0) is 44.0 Å². The molecule has 1 N–H and O–H groups in total. The van der Waals surface area contributed by atoms with Crippen molar-refractivity contribution in [3.05, 3.63) is 34.3 Å². The van der Waals surface area contributed by atoms with E-state index in [9.17, 15) is 4.79 Å². The van der Waals surface area contributed by atoms with Crippen LogP contribution in [-0.2, 0) is 9.47 Å². The van der Waals surface area contributed by atoms with Crippen LogP contribution in [0, 0.1) is 6.92 Å². The van der Waals surface area contributed by atoms with Gasteiger partial charge < -0.3 is 14.8 Å². The zero-order valence-corrected chi connectivity index (χ0v) is 12.6. The van der Waals surface area contributed by atoms with Crippen LogP contribution in [0.1, 0.15) is 29.3 Å². The van der Waals surface area contributed by atoms with Crippen molar-refractivity contribution in [3.63, 3.8) is 0 Å². The number of halogens is 1. The van der Waals surface area contributed by atoms with Crippen LogP contribution in [0.15, 0.2) is 18.2 Å². The number of nitrogens with one attached hydrogen (secondary N) is 1. The molecule has 20 heavy (non-hydrogen) atoms. The molecule has 0 spiro atoms. The van der Waals surface area contributed by atoms with Gasteiger partial charge in [-0.1, -0.05) is 11.6 Å². The molecule has 1 aromatic carbocycles. The van der Waals surface area contributed by atoms with Gasteiger partial charge in [0, 0.05) is 23.8 Å². The zero-order chi connectivity index (χ0) is 14.5. The van der Waals surface area contributed by atoms with E-state index in [1.807, 2.05) is 13.8 Å². The lowest BCUT2D eigenvalue weighted by Gasteiger charge is -2.32. The van der Waals surface area contributed by atoms with Gasteiger partial charge in [-0.3, -0.25) is 4.79 Å². The Bertz CT molecular complexity index is 476. The van der Waals surface area contributed by atoms with Crippen molar-refractivity contribution in [2.45, 2.75) is 32.4 Å². The Morgan fingerprint density at radius 1 is 1.55 bits per heavy atom. The van der Waals surface area contributed by atoms with E-state index in [0.717, 1.165) is 12.0 Å². The maximum absolute atomic E-state index is 12.3. The number of ether oxygens (including phenoxy) is 2. The van der Waals surface area contributed by atoms with E-state index in [4.69, 9.17) is 21.1 Å². The predicted octanol–water partition coefficient (Wildman–Crippen LogP) is 2.57. The van der Waals surface area contributed by atoms with Crippen molar-refractivity contribution in [2.24, 2.45) is 0 Å². The number of hydrogen-bond donors (Lipinski definition) is 1. The molecule has 2 rings (SSSR count). The average molecular weight is 298 g/mol. The summed E-state index contributed by atoms with van der Waals surface area (Å²) in [5.74, 6) is -0.0873. The molecular formula is C15H20ClNO3. The highest BCUT2D eigenvalue weighted by Crippen LogP contribution is 2.17. The molecule has 1 heterocycles. The number of benzene rings is 1. The number of hydrogen-bond acceptors (Lipinski definition) is 3. The molecule has 1 amide bonds. The summed E-state index contributed by atoms with van der Waals surface area (Å²) >= 11 is 5.91. The fraction of sp³-hybridized carbons (Fsp3) is 0.533. The van der Waals surface area contributed by atoms with E-state index >= 15 is 0 Å². The largest absolute Gasteiger partial charge is 0.379 e. The molecular weight excluding hydrogens is 278 g/mol. The number of carbonyl (C=O) groups excluding carboxylic acids is 1. The number of amides is 1. The minimum absolute atomic E-state index is 0.00808. The molecule has 0 saturated carbocycles. The van der Waals surface area contributed by atoms with Crippen molar-refractivity contribution in [3.8, 4) is 0 Å². The molecule has 0 radical (unpaired) electrons. The van der Waals surface area contributed by atoms with E-state index in [2.05, 4.69) is 5.32 Å². The van der Waals surface area contributed by atoms with Crippen LogP contribution >= 0.6 is 11.6 Å². The highest BCUT2D eigenvalue weighted by atomic mass is 35.5. The number of carbonyl (C=O) groups is 1. The molecule has 1 aliphatic rings. The van der Waals surface area contributed by atoms with Crippen molar-refractivity contribution >= 4 is 17.5 Å². The summed E-state index contributed by atoms with van der Waals surface area (Å²) in [6.07, 6.45) is 0.688. The fourth-order valence-electron chi connectivity index (χ4n) is 2.38. The first-order valence-corrected chi connectivity index (χ1v) is 7.26. The zero-order valence-electron chi connectivity index (χ0n) is 11.8. The van der Waals surface area contributed by atoms with Gasteiger partial charge in [0.2, 0.25) is 0 Å². The Hall–Kier alpha value is -1.10. The summed E-state index contributed by atoms with van der Waals surface area (Å²) in [4.78, 5) is 12.3. The van der Waals surface area contributed by atoms with E-state index in [-0.39, 0.29) is 18.1 Å². The Morgan fingerprint density at radius 2 is 2.35 bits per heavy atom. The lowest BCUT2D eigenvalue weighted by molar-refractivity contribution is -0.0632. The third kappa shape index (κ3) is 3.72. The molecule has 0 aliphatic carbocycles. The summed E-state index contributed by atoms with van der Waals surface area (Å²) in [5.41, 5.74) is 1.52. The highest BCUT2D eigenvalue weighted by Gasteiger charge is 2.28. The normalized spacial score (nSPS) is 22.6. The molecule has 0 unspecified atom stereocenters. The van der Waals surface area contributed by atoms with Crippen LogP contribution in [0.5, 0.6) is 0 Å². The fourth-order valence-corrected chi connectivity index (χ4v) is 2.61.